The molecule has 1 heterocycles. The van der Waals surface area contributed by atoms with Gasteiger partial charge in [0.2, 0.25) is 0 Å². The van der Waals surface area contributed by atoms with E-state index in [0.717, 1.165) is 36.0 Å². The second-order valence-electron chi connectivity index (χ2n) is 4.09. The Kier molecular flexibility index (Phi) is 5.95. The Balaban J connectivity index is 2.70. The van der Waals surface area contributed by atoms with Crippen molar-refractivity contribution in [1.29, 1.82) is 0 Å². The van der Waals surface area contributed by atoms with Gasteiger partial charge >= 0.3 is 0 Å². The van der Waals surface area contributed by atoms with E-state index in [9.17, 15) is 0 Å². The number of aromatic nitrogens is 2. The van der Waals surface area contributed by atoms with Gasteiger partial charge in [-0.25, -0.2) is 0 Å². The van der Waals surface area contributed by atoms with E-state index in [4.69, 9.17) is 16.3 Å². The lowest BCUT2D eigenvalue weighted by Crippen LogP contribution is -2.36. The summed E-state index contributed by atoms with van der Waals surface area (Å²) in [6.45, 7) is 8.38. The van der Waals surface area contributed by atoms with Crippen molar-refractivity contribution in [3.8, 4) is 0 Å². The number of nitrogens with zero attached hydrogens (tertiary/aromatic N) is 2. The summed E-state index contributed by atoms with van der Waals surface area (Å²) in [5.41, 5.74) is 1.95. The Labute approximate surface area is 108 Å². The molecule has 1 aromatic heterocycles. The van der Waals surface area contributed by atoms with Gasteiger partial charge in [-0.2, -0.15) is 5.10 Å². The zero-order valence-electron chi connectivity index (χ0n) is 11.1. The first-order valence-electron chi connectivity index (χ1n) is 6.09. The van der Waals surface area contributed by atoms with E-state index in [2.05, 4.69) is 17.3 Å². The first-order chi connectivity index (χ1) is 8.10. The zero-order chi connectivity index (χ0) is 12.8. The lowest BCUT2D eigenvalue weighted by atomic mass is 10.1. The highest BCUT2D eigenvalue weighted by Crippen LogP contribution is 2.20. The second-order valence-corrected chi connectivity index (χ2v) is 4.47. The van der Waals surface area contributed by atoms with E-state index in [1.165, 1.54) is 0 Å². The molecule has 98 valence electrons. The topological polar surface area (TPSA) is 39.1 Å². The van der Waals surface area contributed by atoms with Crippen LogP contribution in [0.15, 0.2) is 0 Å². The molecule has 17 heavy (non-hydrogen) atoms. The third-order valence-electron chi connectivity index (χ3n) is 2.72. The lowest BCUT2D eigenvalue weighted by Gasteiger charge is -2.17. The van der Waals surface area contributed by atoms with Crippen LogP contribution in [0.2, 0.25) is 5.02 Å². The van der Waals surface area contributed by atoms with E-state index in [1.807, 2.05) is 25.6 Å². The summed E-state index contributed by atoms with van der Waals surface area (Å²) in [6, 6.07) is 0.284. The minimum atomic E-state index is 0.284. The van der Waals surface area contributed by atoms with Gasteiger partial charge in [-0.05, 0) is 20.4 Å². The monoisotopic (exact) mass is 259 g/mol. The standard InChI is InChI=1S/C12H22ClN3O/c1-5-14-10(8-17-6-2)7-11-12(13)9(3)15-16(11)4/h10,14H,5-8H2,1-4H3. The predicted octanol–water partition coefficient (Wildman–Crippen LogP) is 1.94. The van der Waals surface area contributed by atoms with Crippen molar-refractivity contribution in [3.63, 3.8) is 0 Å². The number of likely N-dealkylation sites (N-methyl/N-ethyl adjacent to an activating group) is 1. The van der Waals surface area contributed by atoms with Gasteiger partial charge in [-0.3, -0.25) is 4.68 Å². The molecular formula is C12H22ClN3O. The summed E-state index contributed by atoms with van der Waals surface area (Å²) < 4.78 is 7.33. The Morgan fingerprint density at radius 2 is 2.18 bits per heavy atom. The molecular weight excluding hydrogens is 238 g/mol. The molecule has 0 fully saturated rings. The van der Waals surface area contributed by atoms with Gasteiger partial charge in [-0.1, -0.05) is 18.5 Å². The number of ether oxygens (including phenoxy) is 1. The van der Waals surface area contributed by atoms with Crippen LogP contribution >= 0.6 is 11.6 Å². The van der Waals surface area contributed by atoms with Gasteiger partial charge in [0.05, 0.1) is 23.0 Å². The van der Waals surface area contributed by atoms with Crippen LogP contribution in [0.5, 0.6) is 0 Å². The summed E-state index contributed by atoms with van der Waals surface area (Å²) in [4.78, 5) is 0. The largest absolute Gasteiger partial charge is 0.380 e. The molecule has 0 saturated carbocycles. The van der Waals surface area contributed by atoms with Crippen LogP contribution in [0.4, 0.5) is 0 Å². The van der Waals surface area contributed by atoms with E-state index in [1.54, 1.807) is 0 Å². The van der Waals surface area contributed by atoms with E-state index in [-0.39, 0.29) is 6.04 Å². The minimum Gasteiger partial charge on any atom is -0.380 e. The quantitative estimate of drug-likeness (QED) is 0.814. The molecule has 1 atom stereocenters. The summed E-state index contributed by atoms with van der Waals surface area (Å²) in [5.74, 6) is 0. The van der Waals surface area contributed by atoms with E-state index >= 15 is 0 Å². The normalized spacial score (nSPS) is 13.0. The van der Waals surface area contributed by atoms with Crippen LogP contribution in [0.1, 0.15) is 25.2 Å². The highest BCUT2D eigenvalue weighted by Gasteiger charge is 2.16. The van der Waals surface area contributed by atoms with Crippen molar-refractivity contribution in [2.24, 2.45) is 7.05 Å². The smallest absolute Gasteiger partial charge is 0.0847 e. The average Bonchev–Trinajstić information content (AvgIpc) is 2.53. The van der Waals surface area contributed by atoms with Crippen molar-refractivity contribution in [1.82, 2.24) is 15.1 Å². The fourth-order valence-corrected chi connectivity index (χ4v) is 2.11. The highest BCUT2D eigenvalue weighted by molar-refractivity contribution is 6.31. The van der Waals surface area contributed by atoms with Crippen LogP contribution < -0.4 is 5.32 Å². The second kappa shape index (κ2) is 6.99. The molecule has 5 heteroatoms. The first kappa shape index (κ1) is 14.5. The third kappa shape index (κ3) is 3.98. The number of halogens is 1. The molecule has 0 amide bonds. The third-order valence-corrected chi connectivity index (χ3v) is 3.21. The predicted molar refractivity (Wildman–Crippen MR) is 70.6 cm³/mol. The SMILES string of the molecule is CCNC(COCC)Cc1c(Cl)c(C)nn1C. The number of rotatable bonds is 7. The molecule has 0 bridgehead atoms. The van der Waals surface area contributed by atoms with Gasteiger partial charge in [0, 0.05) is 26.1 Å². The molecule has 0 saturated heterocycles. The van der Waals surface area contributed by atoms with Gasteiger partial charge in [-0.15, -0.1) is 0 Å². The van der Waals surface area contributed by atoms with Crippen molar-refractivity contribution < 1.29 is 4.74 Å². The molecule has 0 radical (unpaired) electrons. The Morgan fingerprint density at radius 3 is 2.65 bits per heavy atom. The maximum absolute atomic E-state index is 6.24. The fraction of sp³-hybridized carbons (Fsp3) is 0.750. The lowest BCUT2D eigenvalue weighted by molar-refractivity contribution is 0.122. The zero-order valence-corrected chi connectivity index (χ0v) is 11.8. The molecule has 4 nitrogen and oxygen atoms in total. The van der Waals surface area contributed by atoms with E-state index in [0.29, 0.717) is 6.61 Å². The summed E-state index contributed by atoms with van der Waals surface area (Å²) >= 11 is 6.24. The number of nitrogens with one attached hydrogen (secondary N) is 1. The van der Waals surface area contributed by atoms with Crippen LogP contribution in [0.3, 0.4) is 0 Å². The van der Waals surface area contributed by atoms with Crippen molar-refractivity contribution in [2.75, 3.05) is 19.8 Å². The van der Waals surface area contributed by atoms with Crippen LogP contribution in [-0.2, 0) is 18.2 Å². The van der Waals surface area contributed by atoms with Gasteiger partial charge in [0.1, 0.15) is 0 Å². The summed E-state index contributed by atoms with van der Waals surface area (Å²) in [6.07, 6.45) is 0.837. The van der Waals surface area contributed by atoms with E-state index < -0.39 is 0 Å². The molecule has 1 unspecified atom stereocenters. The molecule has 0 aromatic carbocycles. The molecule has 1 aromatic rings. The van der Waals surface area contributed by atoms with Gasteiger partial charge in [0.15, 0.2) is 0 Å². The van der Waals surface area contributed by atoms with Crippen molar-refractivity contribution in [3.05, 3.63) is 16.4 Å². The molecule has 0 aliphatic carbocycles. The van der Waals surface area contributed by atoms with Crippen LogP contribution in [0.25, 0.3) is 0 Å². The van der Waals surface area contributed by atoms with Gasteiger partial charge in [0.25, 0.3) is 0 Å². The van der Waals surface area contributed by atoms with Crippen LogP contribution in [-0.4, -0.2) is 35.6 Å². The molecule has 0 aliphatic heterocycles. The number of hydrogen-bond donors (Lipinski definition) is 1. The average molecular weight is 260 g/mol. The maximum Gasteiger partial charge on any atom is 0.0847 e. The van der Waals surface area contributed by atoms with Crippen molar-refractivity contribution >= 4 is 11.6 Å². The fourth-order valence-electron chi connectivity index (χ4n) is 1.87. The van der Waals surface area contributed by atoms with Gasteiger partial charge < -0.3 is 10.1 Å². The number of hydrogen-bond acceptors (Lipinski definition) is 3. The number of aryl methyl sites for hydroxylation is 2. The molecule has 1 N–H and O–H groups in total. The molecule has 1 rings (SSSR count). The Hall–Kier alpha value is -0.580. The summed E-state index contributed by atoms with van der Waals surface area (Å²) in [7, 11) is 1.93. The Bertz CT molecular complexity index is 352. The minimum absolute atomic E-state index is 0.284. The summed E-state index contributed by atoms with van der Waals surface area (Å²) in [5, 5.41) is 8.50. The molecule has 0 spiro atoms. The Morgan fingerprint density at radius 1 is 1.47 bits per heavy atom. The maximum atomic E-state index is 6.24. The van der Waals surface area contributed by atoms with Crippen LogP contribution in [0, 0.1) is 6.92 Å². The highest BCUT2D eigenvalue weighted by atomic mass is 35.5. The molecule has 0 aliphatic rings. The first-order valence-corrected chi connectivity index (χ1v) is 6.47. The van der Waals surface area contributed by atoms with Crippen molar-refractivity contribution in [2.45, 2.75) is 33.2 Å².